The smallest absolute Gasteiger partial charge is 0.0308 e. The topological polar surface area (TPSA) is 38.0 Å². The lowest BCUT2D eigenvalue weighted by Gasteiger charge is -2.10. The molecule has 2 nitrogen and oxygen atoms in total. The molecule has 3 N–H and O–H groups in total. The van der Waals surface area contributed by atoms with Crippen molar-refractivity contribution in [3.63, 3.8) is 0 Å². The van der Waals surface area contributed by atoms with E-state index < -0.39 is 0 Å². The van der Waals surface area contributed by atoms with Crippen molar-refractivity contribution in [1.29, 1.82) is 0 Å². The highest BCUT2D eigenvalue weighted by molar-refractivity contribution is 5.04. The quantitative estimate of drug-likeness (QED) is 0.361. The molecule has 0 radical (unpaired) electrons. The molecule has 0 saturated heterocycles. The lowest BCUT2D eigenvalue weighted by atomic mass is 10.0. The van der Waals surface area contributed by atoms with Crippen LogP contribution in [0.25, 0.3) is 0 Å². The van der Waals surface area contributed by atoms with Gasteiger partial charge in [-0.1, -0.05) is 24.5 Å². The van der Waals surface area contributed by atoms with Crippen LogP contribution in [0.15, 0.2) is 11.6 Å². The fraction of sp³-hybridized carbons (Fsp3) is 0.778. The Bertz CT molecular complexity index is 130. The Labute approximate surface area is 68.8 Å². The molecule has 1 aliphatic carbocycles. The largest absolute Gasteiger partial charge is 0.271 e. The SMILES string of the molecule is NNCC1=CCCCCCC1. The van der Waals surface area contributed by atoms with E-state index in [-0.39, 0.29) is 0 Å². The van der Waals surface area contributed by atoms with Gasteiger partial charge in [-0.05, 0) is 25.7 Å². The second-order valence-corrected chi connectivity index (χ2v) is 3.20. The van der Waals surface area contributed by atoms with E-state index in [0.29, 0.717) is 0 Å². The third-order valence-corrected chi connectivity index (χ3v) is 2.21. The van der Waals surface area contributed by atoms with Crippen molar-refractivity contribution in [3.05, 3.63) is 11.6 Å². The number of nitrogens with two attached hydrogens (primary N) is 1. The molecule has 0 aliphatic heterocycles. The summed E-state index contributed by atoms with van der Waals surface area (Å²) in [6.45, 7) is 0.875. The maximum atomic E-state index is 5.26. The first kappa shape index (κ1) is 8.75. The van der Waals surface area contributed by atoms with Gasteiger partial charge in [0.15, 0.2) is 0 Å². The van der Waals surface area contributed by atoms with Crippen molar-refractivity contribution in [2.45, 2.75) is 38.5 Å². The lowest BCUT2D eigenvalue weighted by molar-refractivity contribution is 0.610. The van der Waals surface area contributed by atoms with Crippen molar-refractivity contribution in [2.24, 2.45) is 5.84 Å². The van der Waals surface area contributed by atoms with Gasteiger partial charge in [-0.2, -0.15) is 0 Å². The molecule has 64 valence electrons. The normalized spacial score (nSPS) is 20.3. The Kier molecular flexibility index (Phi) is 4.24. The van der Waals surface area contributed by atoms with Gasteiger partial charge in [-0.3, -0.25) is 11.3 Å². The number of hydrogen-bond acceptors (Lipinski definition) is 2. The molecule has 0 saturated carbocycles. The minimum Gasteiger partial charge on any atom is -0.271 e. The summed E-state index contributed by atoms with van der Waals surface area (Å²) in [7, 11) is 0. The van der Waals surface area contributed by atoms with E-state index in [0.717, 1.165) is 6.54 Å². The number of hydrogen-bond donors (Lipinski definition) is 2. The second kappa shape index (κ2) is 5.33. The zero-order valence-electron chi connectivity index (χ0n) is 7.10. The molecular formula is C9H18N2. The third kappa shape index (κ3) is 3.54. The molecule has 0 heterocycles. The summed E-state index contributed by atoms with van der Waals surface area (Å²) in [4.78, 5) is 0. The van der Waals surface area contributed by atoms with E-state index in [1.165, 1.54) is 44.1 Å². The fourth-order valence-electron chi connectivity index (χ4n) is 1.55. The Morgan fingerprint density at radius 1 is 1.27 bits per heavy atom. The van der Waals surface area contributed by atoms with E-state index in [9.17, 15) is 0 Å². The molecule has 0 aromatic rings. The van der Waals surface area contributed by atoms with Crippen LogP contribution in [0.1, 0.15) is 38.5 Å². The molecule has 0 unspecified atom stereocenters. The maximum Gasteiger partial charge on any atom is 0.0308 e. The molecule has 0 spiro atoms. The van der Waals surface area contributed by atoms with Gasteiger partial charge in [0.25, 0.3) is 0 Å². The first-order valence-electron chi connectivity index (χ1n) is 4.55. The van der Waals surface area contributed by atoms with Crippen LogP contribution in [0.2, 0.25) is 0 Å². The van der Waals surface area contributed by atoms with E-state index in [1.54, 1.807) is 0 Å². The minimum atomic E-state index is 0.875. The molecule has 1 aliphatic rings. The maximum absolute atomic E-state index is 5.26. The van der Waals surface area contributed by atoms with Crippen LogP contribution in [0, 0.1) is 0 Å². The zero-order chi connectivity index (χ0) is 7.94. The monoisotopic (exact) mass is 154 g/mol. The molecule has 0 fully saturated rings. The summed E-state index contributed by atoms with van der Waals surface area (Å²) in [6, 6.07) is 0. The van der Waals surface area contributed by atoms with Gasteiger partial charge in [0.05, 0.1) is 0 Å². The van der Waals surface area contributed by atoms with Crippen LogP contribution in [0.4, 0.5) is 0 Å². The standard InChI is InChI=1S/C9H18N2/c10-11-8-9-6-4-2-1-3-5-7-9/h6,11H,1-5,7-8,10H2. The fourth-order valence-corrected chi connectivity index (χ4v) is 1.55. The molecule has 11 heavy (non-hydrogen) atoms. The molecule has 1 rings (SSSR count). The molecule has 0 aromatic carbocycles. The highest BCUT2D eigenvalue weighted by atomic mass is 15.2. The van der Waals surface area contributed by atoms with Gasteiger partial charge < -0.3 is 0 Å². The number of allylic oxidation sites excluding steroid dienone is 1. The van der Waals surface area contributed by atoms with Gasteiger partial charge in [0, 0.05) is 6.54 Å². The van der Waals surface area contributed by atoms with Gasteiger partial charge >= 0.3 is 0 Å². The van der Waals surface area contributed by atoms with Crippen molar-refractivity contribution < 1.29 is 0 Å². The second-order valence-electron chi connectivity index (χ2n) is 3.20. The Morgan fingerprint density at radius 2 is 2.09 bits per heavy atom. The molecule has 0 atom stereocenters. The third-order valence-electron chi connectivity index (χ3n) is 2.21. The van der Waals surface area contributed by atoms with Crippen LogP contribution in [0.3, 0.4) is 0 Å². The van der Waals surface area contributed by atoms with E-state index >= 15 is 0 Å². The molecule has 2 heteroatoms. The molecule has 0 bridgehead atoms. The van der Waals surface area contributed by atoms with E-state index in [1.807, 2.05) is 0 Å². The Hall–Kier alpha value is -0.340. The molecule has 0 aromatic heterocycles. The Morgan fingerprint density at radius 3 is 2.91 bits per heavy atom. The van der Waals surface area contributed by atoms with Gasteiger partial charge in [-0.15, -0.1) is 0 Å². The van der Waals surface area contributed by atoms with Crippen LogP contribution in [-0.4, -0.2) is 6.54 Å². The first-order chi connectivity index (χ1) is 5.43. The zero-order valence-corrected chi connectivity index (χ0v) is 7.10. The van der Waals surface area contributed by atoms with Crippen molar-refractivity contribution >= 4 is 0 Å². The predicted molar refractivity (Wildman–Crippen MR) is 48.0 cm³/mol. The van der Waals surface area contributed by atoms with Crippen molar-refractivity contribution in [1.82, 2.24) is 5.43 Å². The van der Waals surface area contributed by atoms with E-state index in [4.69, 9.17) is 5.84 Å². The highest BCUT2D eigenvalue weighted by Crippen LogP contribution is 2.15. The van der Waals surface area contributed by atoms with Crippen molar-refractivity contribution in [2.75, 3.05) is 6.54 Å². The summed E-state index contributed by atoms with van der Waals surface area (Å²) < 4.78 is 0. The predicted octanol–water partition coefficient (Wildman–Crippen LogP) is 1.73. The van der Waals surface area contributed by atoms with Gasteiger partial charge in [-0.25, -0.2) is 0 Å². The number of rotatable bonds is 2. The van der Waals surface area contributed by atoms with E-state index in [2.05, 4.69) is 11.5 Å². The average molecular weight is 154 g/mol. The lowest BCUT2D eigenvalue weighted by Crippen LogP contribution is -2.24. The van der Waals surface area contributed by atoms with Crippen LogP contribution in [0.5, 0.6) is 0 Å². The van der Waals surface area contributed by atoms with Gasteiger partial charge in [0.1, 0.15) is 0 Å². The Balaban J connectivity index is 2.32. The summed E-state index contributed by atoms with van der Waals surface area (Å²) >= 11 is 0. The average Bonchev–Trinajstić information content (AvgIpc) is 1.94. The highest BCUT2D eigenvalue weighted by Gasteiger charge is 1.99. The number of nitrogens with one attached hydrogen (secondary N) is 1. The van der Waals surface area contributed by atoms with Gasteiger partial charge in [0.2, 0.25) is 0 Å². The summed E-state index contributed by atoms with van der Waals surface area (Å²) in [6.07, 6.45) is 10.3. The summed E-state index contributed by atoms with van der Waals surface area (Å²) in [5.74, 6) is 5.26. The minimum absolute atomic E-state index is 0.875. The van der Waals surface area contributed by atoms with Crippen LogP contribution < -0.4 is 11.3 Å². The van der Waals surface area contributed by atoms with Crippen LogP contribution in [-0.2, 0) is 0 Å². The molecule has 0 amide bonds. The first-order valence-corrected chi connectivity index (χ1v) is 4.55. The molecular weight excluding hydrogens is 136 g/mol. The van der Waals surface area contributed by atoms with Crippen LogP contribution >= 0.6 is 0 Å². The van der Waals surface area contributed by atoms with Crippen molar-refractivity contribution in [3.8, 4) is 0 Å². The summed E-state index contributed by atoms with van der Waals surface area (Å²) in [5, 5.41) is 0. The number of hydrazine groups is 1. The summed E-state index contributed by atoms with van der Waals surface area (Å²) in [5.41, 5.74) is 4.21.